The van der Waals surface area contributed by atoms with Gasteiger partial charge in [-0.15, -0.1) is 0 Å². The third-order valence-corrected chi connectivity index (χ3v) is 5.97. The number of nitrogens with one attached hydrogen (secondary N) is 1. The largest absolute Gasteiger partial charge is 0.348 e. The van der Waals surface area contributed by atoms with E-state index in [0.717, 1.165) is 19.4 Å². The molecule has 2 saturated heterocycles. The third kappa shape index (κ3) is 2.42. The van der Waals surface area contributed by atoms with E-state index in [1.54, 1.807) is 0 Å². The van der Waals surface area contributed by atoms with Gasteiger partial charge in [0.15, 0.2) is 0 Å². The van der Waals surface area contributed by atoms with E-state index < -0.39 is 0 Å². The number of nitrogens with zero attached hydrogens (tertiary/aromatic N) is 1. The molecule has 0 amide bonds. The van der Waals surface area contributed by atoms with Crippen LogP contribution >= 0.6 is 0 Å². The highest BCUT2D eigenvalue weighted by Crippen LogP contribution is 2.43. The molecule has 1 aromatic carbocycles. The summed E-state index contributed by atoms with van der Waals surface area (Å²) in [6.07, 6.45) is 6.30. The molecule has 0 radical (unpaired) electrons. The van der Waals surface area contributed by atoms with Gasteiger partial charge in [-0.2, -0.15) is 0 Å². The number of hydrogen-bond acceptors (Lipinski definition) is 2. The molecule has 3 heteroatoms. The number of Topliss-reactive ketones (excluding diaryl/α,β-unsaturated/α-hetero) is 1. The van der Waals surface area contributed by atoms with Gasteiger partial charge in [0.2, 0.25) is 0 Å². The average Bonchev–Trinajstić information content (AvgIpc) is 3.17. The summed E-state index contributed by atoms with van der Waals surface area (Å²) in [5.74, 6) is 0.971. The molecule has 2 aliphatic heterocycles. The number of benzene rings is 1. The Morgan fingerprint density at radius 1 is 1.26 bits per heavy atom. The number of carbonyl (C=O) groups is 1. The molecule has 2 fully saturated rings. The molecule has 122 valence electrons. The number of rotatable bonds is 4. The van der Waals surface area contributed by atoms with Crippen LogP contribution in [0.4, 0.5) is 0 Å². The molecule has 4 rings (SSSR count). The number of hydrogen-bond donors (Lipinski definition) is 1. The van der Waals surface area contributed by atoms with Crippen LogP contribution in [-0.4, -0.2) is 22.4 Å². The van der Waals surface area contributed by atoms with Gasteiger partial charge in [0, 0.05) is 42.7 Å². The standard InChI is InChI=1S/C20H26N2O/c1-3-19(23)20-16(12-15-6-7-17(20)21-15)13-5-8-18-14(11-13)9-10-22(18)4-2/h5,8-11,15-17,20-21H,3-4,6-7,12H2,1-2H3/t15-,16+,17+,20-/m0/s1. The maximum Gasteiger partial charge on any atom is 0.137 e. The lowest BCUT2D eigenvalue weighted by molar-refractivity contribution is -0.124. The van der Waals surface area contributed by atoms with Crippen molar-refractivity contribution in [2.75, 3.05) is 0 Å². The quantitative estimate of drug-likeness (QED) is 0.930. The number of aromatic nitrogens is 1. The number of aryl methyl sites for hydroxylation is 1. The Hall–Kier alpha value is -1.61. The van der Waals surface area contributed by atoms with Crippen molar-refractivity contribution < 1.29 is 4.79 Å². The highest BCUT2D eigenvalue weighted by Gasteiger charge is 2.44. The van der Waals surface area contributed by atoms with Crippen molar-refractivity contribution in [1.82, 2.24) is 9.88 Å². The summed E-state index contributed by atoms with van der Waals surface area (Å²) in [7, 11) is 0. The lowest BCUT2D eigenvalue weighted by atomic mass is 9.74. The van der Waals surface area contributed by atoms with Gasteiger partial charge >= 0.3 is 0 Å². The fourth-order valence-corrected chi connectivity index (χ4v) is 4.81. The summed E-state index contributed by atoms with van der Waals surface area (Å²) in [5, 5.41) is 4.98. The van der Waals surface area contributed by atoms with Crippen molar-refractivity contribution in [1.29, 1.82) is 0 Å². The van der Waals surface area contributed by atoms with Crippen molar-refractivity contribution in [2.24, 2.45) is 5.92 Å². The first-order valence-electron chi connectivity index (χ1n) is 9.08. The lowest BCUT2D eigenvalue weighted by Gasteiger charge is -2.37. The van der Waals surface area contributed by atoms with E-state index in [4.69, 9.17) is 0 Å². The highest BCUT2D eigenvalue weighted by atomic mass is 16.1. The molecule has 0 saturated carbocycles. The maximum absolute atomic E-state index is 12.6. The van der Waals surface area contributed by atoms with Crippen LogP contribution in [-0.2, 0) is 11.3 Å². The van der Waals surface area contributed by atoms with Crippen LogP contribution in [0.2, 0.25) is 0 Å². The minimum Gasteiger partial charge on any atom is -0.348 e. The normalized spacial score (nSPS) is 30.0. The molecule has 2 aromatic rings. The van der Waals surface area contributed by atoms with Crippen LogP contribution in [0.3, 0.4) is 0 Å². The monoisotopic (exact) mass is 310 g/mol. The van der Waals surface area contributed by atoms with Gasteiger partial charge in [0.25, 0.3) is 0 Å². The van der Waals surface area contributed by atoms with E-state index in [1.807, 2.05) is 6.92 Å². The van der Waals surface area contributed by atoms with Crippen molar-refractivity contribution in [2.45, 2.75) is 64.1 Å². The molecule has 4 atom stereocenters. The molecule has 1 aromatic heterocycles. The first-order valence-corrected chi connectivity index (χ1v) is 9.08. The maximum atomic E-state index is 12.6. The Balaban J connectivity index is 1.73. The van der Waals surface area contributed by atoms with Gasteiger partial charge in [-0.25, -0.2) is 0 Å². The predicted octanol–water partition coefficient (Wildman–Crippen LogP) is 3.86. The van der Waals surface area contributed by atoms with Crippen LogP contribution in [0.5, 0.6) is 0 Å². The molecular weight excluding hydrogens is 284 g/mol. The predicted molar refractivity (Wildman–Crippen MR) is 93.7 cm³/mol. The zero-order valence-corrected chi connectivity index (χ0v) is 14.1. The first kappa shape index (κ1) is 14.9. The molecule has 1 N–H and O–H groups in total. The van der Waals surface area contributed by atoms with E-state index in [1.165, 1.54) is 22.9 Å². The second-order valence-electron chi connectivity index (χ2n) is 7.16. The van der Waals surface area contributed by atoms with Gasteiger partial charge < -0.3 is 9.88 Å². The van der Waals surface area contributed by atoms with Crippen molar-refractivity contribution in [3.8, 4) is 0 Å². The van der Waals surface area contributed by atoms with E-state index in [9.17, 15) is 4.79 Å². The third-order valence-electron chi connectivity index (χ3n) is 5.97. The van der Waals surface area contributed by atoms with Crippen molar-refractivity contribution in [3.05, 3.63) is 36.0 Å². The van der Waals surface area contributed by atoms with Crippen LogP contribution in [0.15, 0.2) is 30.5 Å². The minimum atomic E-state index is 0.157. The Kier molecular flexibility index (Phi) is 3.76. The van der Waals surface area contributed by atoms with Crippen LogP contribution in [0, 0.1) is 5.92 Å². The van der Waals surface area contributed by atoms with Crippen LogP contribution in [0.25, 0.3) is 10.9 Å². The van der Waals surface area contributed by atoms with E-state index >= 15 is 0 Å². The fraction of sp³-hybridized carbons (Fsp3) is 0.550. The highest BCUT2D eigenvalue weighted by molar-refractivity contribution is 5.84. The van der Waals surface area contributed by atoms with Gasteiger partial charge in [-0.1, -0.05) is 13.0 Å². The van der Waals surface area contributed by atoms with Crippen LogP contribution < -0.4 is 5.32 Å². The Morgan fingerprint density at radius 3 is 2.91 bits per heavy atom. The second kappa shape index (κ2) is 5.79. The molecule has 0 aliphatic carbocycles. The van der Waals surface area contributed by atoms with E-state index in [-0.39, 0.29) is 5.92 Å². The van der Waals surface area contributed by atoms with Gasteiger partial charge in [-0.05, 0) is 61.3 Å². The topological polar surface area (TPSA) is 34.0 Å². The molecule has 3 nitrogen and oxygen atoms in total. The number of carbonyl (C=O) groups excluding carboxylic acids is 1. The van der Waals surface area contributed by atoms with E-state index in [2.05, 4.69) is 47.3 Å². The first-order chi connectivity index (χ1) is 11.2. The summed E-state index contributed by atoms with van der Waals surface area (Å²) < 4.78 is 2.28. The fourth-order valence-electron chi connectivity index (χ4n) is 4.81. The summed E-state index contributed by atoms with van der Waals surface area (Å²) in [6.45, 7) is 5.18. The van der Waals surface area contributed by atoms with Gasteiger partial charge in [0.05, 0.1) is 0 Å². The molecule has 0 spiro atoms. The molecule has 3 heterocycles. The number of ketones is 1. The minimum absolute atomic E-state index is 0.157. The smallest absolute Gasteiger partial charge is 0.137 e. The SMILES string of the molecule is CCC(=O)[C@H]1[C@@H](c2ccc3c(ccn3CC)c2)C[C@@H]2CC[C@H]1N2. The van der Waals surface area contributed by atoms with Crippen molar-refractivity contribution >= 4 is 16.7 Å². The number of piperidine rings is 1. The summed E-state index contributed by atoms with van der Waals surface area (Å²) in [6, 6.07) is 10.0. The van der Waals surface area contributed by atoms with Crippen molar-refractivity contribution in [3.63, 3.8) is 0 Å². The number of fused-ring (bicyclic) bond motifs is 3. The van der Waals surface area contributed by atoms with Gasteiger partial charge in [-0.3, -0.25) is 4.79 Å². The van der Waals surface area contributed by atoms with Gasteiger partial charge in [0.1, 0.15) is 5.78 Å². The van der Waals surface area contributed by atoms with E-state index in [0.29, 0.717) is 30.2 Å². The van der Waals surface area contributed by atoms with Crippen LogP contribution in [0.1, 0.15) is 51.0 Å². The Bertz CT molecular complexity index is 732. The molecular formula is C20H26N2O. The molecule has 0 unspecified atom stereocenters. The molecule has 2 bridgehead atoms. The molecule has 2 aliphatic rings. The Morgan fingerprint density at radius 2 is 2.13 bits per heavy atom. The lowest BCUT2D eigenvalue weighted by Crippen LogP contribution is -2.47. The zero-order valence-electron chi connectivity index (χ0n) is 14.1. The molecule has 23 heavy (non-hydrogen) atoms. The zero-order chi connectivity index (χ0) is 16.0. The summed E-state index contributed by atoms with van der Waals surface area (Å²) in [5.41, 5.74) is 2.66. The summed E-state index contributed by atoms with van der Waals surface area (Å²) in [4.78, 5) is 12.6. The Labute approximate surface area is 138 Å². The average molecular weight is 310 g/mol. The second-order valence-corrected chi connectivity index (χ2v) is 7.16. The summed E-state index contributed by atoms with van der Waals surface area (Å²) >= 11 is 0.